The summed E-state index contributed by atoms with van der Waals surface area (Å²) < 4.78 is 1.90. The average Bonchev–Trinajstić information content (AvgIpc) is 2.88. The molecule has 5 nitrogen and oxygen atoms in total. The van der Waals surface area contributed by atoms with E-state index in [0.29, 0.717) is 0 Å². The van der Waals surface area contributed by atoms with Gasteiger partial charge in [-0.1, -0.05) is 39.5 Å². The summed E-state index contributed by atoms with van der Waals surface area (Å²) >= 11 is 0. The third kappa shape index (κ3) is 7.10. The molecule has 1 N–H and O–H groups in total. The number of unbranched alkanes of at least 4 members (excludes halogenated alkanes) is 4. The van der Waals surface area contributed by atoms with Gasteiger partial charge in [0.15, 0.2) is 0 Å². The summed E-state index contributed by atoms with van der Waals surface area (Å²) in [6, 6.07) is 0.134. The summed E-state index contributed by atoms with van der Waals surface area (Å²) in [4.78, 5) is 15.3. The van der Waals surface area contributed by atoms with E-state index in [1.165, 1.54) is 38.5 Å². The molecule has 0 aliphatic carbocycles. The maximum absolute atomic E-state index is 12.7. The van der Waals surface area contributed by atoms with Crippen molar-refractivity contribution in [2.24, 2.45) is 0 Å². The molecule has 1 rings (SSSR count). The number of hydrogen-bond donors (Lipinski definition) is 1. The van der Waals surface area contributed by atoms with Crippen LogP contribution in [-0.4, -0.2) is 46.3 Å². The van der Waals surface area contributed by atoms with E-state index in [4.69, 9.17) is 0 Å². The average molecular weight is 365 g/mol. The maximum atomic E-state index is 12.7. The van der Waals surface area contributed by atoms with Gasteiger partial charge < -0.3 is 10.2 Å². The van der Waals surface area contributed by atoms with Crippen LogP contribution in [0.15, 0.2) is 0 Å². The third-order valence-electron chi connectivity index (χ3n) is 4.97. The highest BCUT2D eigenvalue weighted by molar-refractivity contribution is 5.96. The van der Waals surface area contributed by atoms with Gasteiger partial charge in [0.05, 0.1) is 11.3 Å². The van der Waals surface area contributed by atoms with E-state index in [0.717, 1.165) is 43.1 Å². The molecule has 0 saturated carbocycles. The zero-order valence-corrected chi connectivity index (χ0v) is 17.9. The van der Waals surface area contributed by atoms with Gasteiger partial charge in [0.25, 0.3) is 5.91 Å². The fourth-order valence-electron chi connectivity index (χ4n) is 3.53. The maximum Gasteiger partial charge on any atom is 0.255 e. The molecule has 0 radical (unpaired) electrons. The first kappa shape index (κ1) is 22.7. The number of hydrogen-bond acceptors (Lipinski definition) is 3. The van der Waals surface area contributed by atoms with E-state index < -0.39 is 0 Å². The zero-order valence-electron chi connectivity index (χ0n) is 17.9. The Morgan fingerprint density at radius 3 is 2.12 bits per heavy atom. The van der Waals surface area contributed by atoms with E-state index >= 15 is 0 Å². The molecule has 1 aromatic rings. The molecule has 5 heteroatoms. The third-order valence-corrected chi connectivity index (χ3v) is 4.97. The summed E-state index contributed by atoms with van der Waals surface area (Å²) in [7, 11) is 0. The molecule has 0 fully saturated rings. The highest BCUT2D eigenvalue weighted by atomic mass is 16.1. The molecule has 0 aromatic carbocycles. The normalized spacial score (nSPS) is 12.6. The zero-order chi connectivity index (χ0) is 19.5. The number of carbonyl (C=O) groups excluding carboxylic acids is 1. The van der Waals surface area contributed by atoms with Crippen LogP contribution in [-0.2, 0) is 6.54 Å². The SMILES string of the molecule is CCCCCN(CCCCC)CC(C)NC(=O)c1c(C)nn(CC)c1C. The van der Waals surface area contributed by atoms with Gasteiger partial charge in [-0.2, -0.15) is 5.10 Å². The minimum atomic E-state index is 0.00858. The van der Waals surface area contributed by atoms with Crippen LogP contribution in [0, 0.1) is 13.8 Å². The Kier molecular flexibility index (Phi) is 10.6. The van der Waals surface area contributed by atoms with Gasteiger partial charge in [0, 0.05) is 24.8 Å². The number of nitrogens with one attached hydrogen (secondary N) is 1. The summed E-state index contributed by atoms with van der Waals surface area (Å²) in [6.07, 6.45) is 7.53. The molecule has 1 aromatic heterocycles. The molecular formula is C21H40N4O. The van der Waals surface area contributed by atoms with Crippen molar-refractivity contribution in [2.45, 2.75) is 92.7 Å². The Morgan fingerprint density at radius 1 is 1.08 bits per heavy atom. The van der Waals surface area contributed by atoms with Gasteiger partial charge in [-0.25, -0.2) is 0 Å². The van der Waals surface area contributed by atoms with Crippen LogP contribution in [0.3, 0.4) is 0 Å². The number of rotatable bonds is 13. The molecule has 1 heterocycles. The Labute approximate surface area is 160 Å². The van der Waals surface area contributed by atoms with Crippen LogP contribution < -0.4 is 5.32 Å². The summed E-state index contributed by atoms with van der Waals surface area (Å²) in [6.45, 7) is 16.5. The van der Waals surface area contributed by atoms with E-state index in [2.05, 4.69) is 36.1 Å². The minimum absolute atomic E-state index is 0.00858. The largest absolute Gasteiger partial charge is 0.348 e. The van der Waals surface area contributed by atoms with Crippen molar-refractivity contribution in [3.8, 4) is 0 Å². The molecule has 0 bridgehead atoms. The number of nitrogens with zero attached hydrogens (tertiary/aromatic N) is 3. The van der Waals surface area contributed by atoms with Crippen molar-refractivity contribution >= 4 is 5.91 Å². The fraction of sp³-hybridized carbons (Fsp3) is 0.810. The second-order valence-corrected chi connectivity index (χ2v) is 7.45. The predicted octanol–water partition coefficient (Wildman–Crippen LogP) is 4.32. The monoisotopic (exact) mass is 364 g/mol. The Bertz CT molecular complexity index is 528. The van der Waals surface area contributed by atoms with Crippen molar-refractivity contribution in [2.75, 3.05) is 19.6 Å². The number of amides is 1. The lowest BCUT2D eigenvalue weighted by atomic mass is 10.1. The molecule has 0 aliphatic rings. The predicted molar refractivity (Wildman–Crippen MR) is 110 cm³/mol. The number of aryl methyl sites for hydroxylation is 2. The Hall–Kier alpha value is -1.36. The molecule has 0 spiro atoms. The van der Waals surface area contributed by atoms with Crippen molar-refractivity contribution in [1.29, 1.82) is 0 Å². The van der Waals surface area contributed by atoms with Crippen LogP contribution in [0.1, 0.15) is 88.0 Å². The van der Waals surface area contributed by atoms with Crippen LogP contribution in [0.2, 0.25) is 0 Å². The van der Waals surface area contributed by atoms with E-state index in [1.54, 1.807) is 0 Å². The lowest BCUT2D eigenvalue weighted by Gasteiger charge is -2.26. The van der Waals surface area contributed by atoms with Crippen LogP contribution >= 0.6 is 0 Å². The van der Waals surface area contributed by atoms with Gasteiger partial charge in [-0.05, 0) is 53.6 Å². The summed E-state index contributed by atoms with van der Waals surface area (Å²) in [5.41, 5.74) is 2.51. The van der Waals surface area contributed by atoms with E-state index in [9.17, 15) is 4.79 Å². The fourth-order valence-corrected chi connectivity index (χ4v) is 3.53. The van der Waals surface area contributed by atoms with E-state index in [1.807, 2.05) is 25.5 Å². The quantitative estimate of drug-likeness (QED) is 0.530. The van der Waals surface area contributed by atoms with Crippen molar-refractivity contribution in [1.82, 2.24) is 20.0 Å². The van der Waals surface area contributed by atoms with Crippen LogP contribution in [0.25, 0.3) is 0 Å². The van der Waals surface area contributed by atoms with Crippen molar-refractivity contribution < 1.29 is 4.79 Å². The summed E-state index contributed by atoms with van der Waals surface area (Å²) in [5.74, 6) is 0.00858. The number of aromatic nitrogens is 2. The van der Waals surface area contributed by atoms with Gasteiger partial charge >= 0.3 is 0 Å². The Morgan fingerprint density at radius 2 is 1.65 bits per heavy atom. The Balaban J connectivity index is 2.63. The van der Waals surface area contributed by atoms with E-state index in [-0.39, 0.29) is 11.9 Å². The molecule has 150 valence electrons. The highest BCUT2D eigenvalue weighted by Gasteiger charge is 2.20. The lowest BCUT2D eigenvalue weighted by Crippen LogP contribution is -2.43. The van der Waals surface area contributed by atoms with Crippen LogP contribution in [0.5, 0.6) is 0 Å². The molecule has 1 atom stereocenters. The second-order valence-electron chi connectivity index (χ2n) is 7.45. The minimum Gasteiger partial charge on any atom is -0.348 e. The topological polar surface area (TPSA) is 50.2 Å². The first-order valence-corrected chi connectivity index (χ1v) is 10.5. The molecule has 0 saturated heterocycles. The standard InChI is InChI=1S/C21H40N4O/c1-7-10-12-14-24(15-13-11-8-2)16-17(4)22-21(26)20-18(5)23-25(9-3)19(20)6/h17H,7-16H2,1-6H3,(H,22,26). The van der Waals surface area contributed by atoms with Gasteiger partial charge in [0.1, 0.15) is 0 Å². The summed E-state index contributed by atoms with van der Waals surface area (Å²) in [5, 5.41) is 7.66. The highest BCUT2D eigenvalue weighted by Crippen LogP contribution is 2.13. The number of carbonyl (C=O) groups is 1. The van der Waals surface area contributed by atoms with Gasteiger partial charge in [0.2, 0.25) is 0 Å². The van der Waals surface area contributed by atoms with Gasteiger partial charge in [-0.3, -0.25) is 9.48 Å². The molecule has 0 aliphatic heterocycles. The molecular weight excluding hydrogens is 324 g/mol. The molecule has 26 heavy (non-hydrogen) atoms. The first-order valence-electron chi connectivity index (χ1n) is 10.5. The first-order chi connectivity index (χ1) is 12.4. The second kappa shape index (κ2) is 12.1. The van der Waals surface area contributed by atoms with Crippen LogP contribution in [0.4, 0.5) is 0 Å². The lowest BCUT2D eigenvalue weighted by molar-refractivity contribution is 0.0927. The van der Waals surface area contributed by atoms with Gasteiger partial charge in [-0.15, -0.1) is 0 Å². The molecule has 1 amide bonds. The molecule has 1 unspecified atom stereocenters. The van der Waals surface area contributed by atoms with Crippen molar-refractivity contribution in [3.63, 3.8) is 0 Å². The van der Waals surface area contributed by atoms with Crippen molar-refractivity contribution in [3.05, 3.63) is 17.0 Å². The smallest absolute Gasteiger partial charge is 0.255 e.